The van der Waals surface area contributed by atoms with E-state index in [1.54, 1.807) is 0 Å². The molecular weight excluding hydrogens is 260 g/mol. The van der Waals surface area contributed by atoms with Crippen LogP contribution in [-0.4, -0.2) is 23.1 Å². The quantitative estimate of drug-likeness (QED) is 0.788. The van der Waals surface area contributed by atoms with Crippen LogP contribution in [0.3, 0.4) is 0 Å². The molecule has 0 spiro atoms. The number of nitrogens with one attached hydrogen (secondary N) is 2. The Morgan fingerprint density at radius 3 is 2.75 bits per heavy atom. The van der Waals surface area contributed by atoms with Crippen molar-refractivity contribution in [3.63, 3.8) is 0 Å². The number of urea groups is 1. The first-order chi connectivity index (χ1) is 9.47. The summed E-state index contributed by atoms with van der Waals surface area (Å²) in [5, 5.41) is 14.6. The van der Waals surface area contributed by atoms with Gasteiger partial charge in [-0.3, -0.25) is 4.79 Å². The third-order valence-electron chi connectivity index (χ3n) is 3.69. The maximum atomic E-state index is 11.9. The smallest absolute Gasteiger partial charge is 0.315 e. The van der Waals surface area contributed by atoms with Crippen LogP contribution in [0.25, 0.3) is 0 Å². The number of rotatable bonds is 4. The van der Waals surface area contributed by atoms with E-state index in [4.69, 9.17) is 9.52 Å². The standard InChI is InChI=1S/C14H20N2O4/c1-8-6-7-12(20-8)9(2)15-14(19)16-11-5-3-4-10(11)13(17)18/h6-7,9-11H,3-5H2,1-2H3,(H,17,18)(H2,15,16,19). The predicted molar refractivity (Wildman–Crippen MR) is 72.3 cm³/mol. The minimum Gasteiger partial charge on any atom is -0.481 e. The van der Waals surface area contributed by atoms with Gasteiger partial charge in [-0.2, -0.15) is 0 Å². The molecule has 1 heterocycles. The van der Waals surface area contributed by atoms with Crippen molar-refractivity contribution in [1.82, 2.24) is 10.6 Å². The van der Waals surface area contributed by atoms with Crippen molar-refractivity contribution in [2.45, 2.75) is 45.2 Å². The maximum Gasteiger partial charge on any atom is 0.315 e. The van der Waals surface area contributed by atoms with Crippen LogP contribution in [0, 0.1) is 12.8 Å². The Bertz CT molecular complexity index is 497. The molecule has 1 fully saturated rings. The number of aryl methyl sites for hydroxylation is 1. The summed E-state index contributed by atoms with van der Waals surface area (Å²) in [5.41, 5.74) is 0. The van der Waals surface area contributed by atoms with Gasteiger partial charge in [0, 0.05) is 6.04 Å². The molecule has 20 heavy (non-hydrogen) atoms. The second-order valence-corrected chi connectivity index (χ2v) is 5.27. The first kappa shape index (κ1) is 14.4. The third kappa shape index (κ3) is 3.31. The third-order valence-corrected chi connectivity index (χ3v) is 3.69. The molecular formula is C14H20N2O4. The van der Waals surface area contributed by atoms with E-state index in [1.807, 2.05) is 26.0 Å². The molecule has 1 saturated carbocycles. The van der Waals surface area contributed by atoms with E-state index in [0.29, 0.717) is 18.6 Å². The maximum absolute atomic E-state index is 11.9. The predicted octanol–water partition coefficient (Wildman–Crippen LogP) is 2.20. The summed E-state index contributed by atoms with van der Waals surface area (Å²) in [4.78, 5) is 23.0. The van der Waals surface area contributed by atoms with Crippen molar-refractivity contribution in [3.8, 4) is 0 Å². The summed E-state index contributed by atoms with van der Waals surface area (Å²) < 4.78 is 5.44. The van der Waals surface area contributed by atoms with Crippen molar-refractivity contribution in [2.24, 2.45) is 5.92 Å². The van der Waals surface area contributed by atoms with Crippen molar-refractivity contribution < 1.29 is 19.1 Å². The lowest BCUT2D eigenvalue weighted by Gasteiger charge is -2.19. The van der Waals surface area contributed by atoms with Gasteiger partial charge < -0.3 is 20.2 Å². The summed E-state index contributed by atoms with van der Waals surface area (Å²) in [6.45, 7) is 3.66. The number of furan rings is 1. The van der Waals surface area contributed by atoms with E-state index in [2.05, 4.69) is 10.6 Å². The van der Waals surface area contributed by atoms with Gasteiger partial charge in [0.25, 0.3) is 0 Å². The van der Waals surface area contributed by atoms with Crippen LogP contribution < -0.4 is 10.6 Å². The number of carboxylic acids is 1. The molecule has 3 N–H and O–H groups in total. The zero-order valence-corrected chi connectivity index (χ0v) is 11.7. The van der Waals surface area contributed by atoms with Gasteiger partial charge in [-0.05, 0) is 38.8 Å². The molecule has 0 aromatic carbocycles. The molecule has 6 heteroatoms. The molecule has 110 valence electrons. The van der Waals surface area contributed by atoms with Crippen LogP contribution in [0.4, 0.5) is 4.79 Å². The number of carboxylic acid groups (broad SMARTS) is 1. The van der Waals surface area contributed by atoms with Crippen LogP contribution in [0.2, 0.25) is 0 Å². The zero-order chi connectivity index (χ0) is 14.7. The van der Waals surface area contributed by atoms with Gasteiger partial charge in [0.05, 0.1) is 12.0 Å². The Hall–Kier alpha value is -1.98. The number of aliphatic carboxylic acids is 1. The number of carbonyl (C=O) groups is 2. The first-order valence-electron chi connectivity index (χ1n) is 6.83. The van der Waals surface area contributed by atoms with Crippen molar-refractivity contribution in [1.29, 1.82) is 0 Å². The van der Waals surface area contributed by atoms with Gasteiger partial charge in [0.2, 0.25) is 0 Å². The van der Waals surface area contributed by atoms with E-state index in [1.165, 1.54) is 0 Å². The molecule has 2 rings (SSSR count). The highest BCUT2D eigenvalue weighted by atomic mass is 16.4. The topological polar surface area (TPSA) is 91.6 Å². The molecule has 0 aliphatic heterocycles. The Labute approximate surface area is 117 Å². The highest BCUT2D eigenvalue weighted by Gasteiger charge is 2.34. The highest BCUT2D eigenvalue weighted by molar-refractivity contribution is 5.77. The minimum absolute atomic E-state index is 0.256. The van der Waals surface area contributed by atoms with E-state index < -0.39 is 11.9 Å². The number of amides is 2. The van der Waals surface area contributed by atoms with Crippen molar-refractivity contribution in [3.05, 3.63) is 23.7 Å². The zero-order valence-electron chi connectivity index (χ0n) is 11.7. The summed E-state index contributed by atoms with van der Waals surface area (Å²) in [7, 11) is 0. The van der Waals surface area contributed by atoms with E-state index in [-0.39, 0.29) is 18.1 Å². The molecule has 1 aliphatic carbocycles. The highest BCUT2D eigenvalue weighted by Crippen LogP contribution is 2.25. The SMILES string of the molecule is Cc1ccc(C(C)NC(=O)NC2CCCC2C(=O)O)o1. The largest absolute Gasteiger partial charge is 0.481 e. The summed E-state index contributed by atoms with van der Waals surface area (Å²) in [5.74, 6) is 0.138. The normalized spacial score (nSPS) is 23.3. The van der Waals surface area contributed by atoms with Gasteiger partial charge >= 0.3 is 12.0 Å². The van der Waals surface area contributed by atoms with Crippen LogP contribution in [0.5, 0.6) is 0 Å². The van der Waals surface area contributed by atoms with Crippen molar-refractivity contribution in [2.75, 3.05) is 0 Å². The fourth-order valence-electron chi connectivity index (χ4n) is 2.59. The first-order valence-corrected chi connectivity index (χ1v) is 6.83. The molecule has 0 saturated heterocycles. The number of hydrogen-bond acceptors (Lipinski definition) is 3. The lowest BCUT2D eigenvalue weighted by atomic mass is 10.0. The van der Waals surface area contributed by atoms with Crippen LogP contribution >= 0.6 is 0 Å². The number of carbonyl (C=O) groups excluding carboxylic acids is 1. The Morgan fingerprint density at radius 2 is 2.15 bits per heavy atom. The van der Waals surface area contributed by atoms with Gasteiger partial charge in [0.1, 0.15) is 11.5 Å². The molecule has 1 aliphatic rings. The fourth-order valence-corrected chi connectivity index (χ4v) is 2.59. The number of hydrogen-bond donors (Lipinski definition) is 3. The monoisotopic (exact) mass is 280 g/mol. The van der Waals surface area contributed by atoms with Gasteiger partial charge in [-0.25, -0.2) is 4.79 Å². The fraction of sp³-hybridized carbons (Fsp3) is 0.571. The van der Waals surface area contributed by atoms with Crippen molar-refractivity contribution >= 4 is 12.0 Å². The molecule has 0 radical (unpaired) electrons. The lowest BCUT2D eigenvalue weighted by Crippen LogP contribution is -2.45. The second kappa shape index (κ2) is 5.98. The van der Waals surface area contributed by atoms with E-state index in [0.717, 1.165) is 12.2 Å². The molecule has 1 aromatic heterocycles. The molecule has 2 amide bonds. The average Bonchev–Trinajstić information content (AvgIpc) is 2.97. The minimum atomic E-state index is -0.845. The molecule has 6 nitrogen and oxygen atoms in total. The molecule has 3 unspecified atom stereocenters. The second-order valence-electron chi connectivity index (χ2n) is 5.27. The summed E-state index contributed by atoms with van der Waals surface area (Å²) >= 11 is 0. The lowest BCUT2D eigenvalue weighted by molar-refractivity contribution is -0.142. The van der Waals surface area contributed by atoms with Crippen LogP contribution in [0.15, 0.2) is 16.5 Å². The molecule has 3 atom stereocenters. The van der Waals surface area contributed by atoms with Crippen LogP contribution in [0.1, 0.15) is 43.7 Å². The van der Waals surface area contributed by atoms with Gasteiger partial charge in [0.15, 0.2) is 0 Å². The summed E-state index contributed by atoms with van der Waals surface area (Å²) in [6.07, 6.45) is 2.15. The van der Waals surface area contributed by atoms with E-state index >= 15 is 0 Å². The average molecular weight is 280 g/mol. The van der Waals surface area contributed by atoms with E-state index in [9.17, 15) is 9.59 Å². The Balaban J connectivity index is 1.87. The van der Waals surface area contributed by atoms with Gasteiger partial charge in [-0.15, -0.1) is 0 Å². The Morgan fingerprint density at radius 1 is 1.40 bits per heavy atom. The van der Waals surface area contributed by atoms with Gasteiger partial charge in [-0.1, -0.05) is 6.42 Å². The van der Waals surface area contributed by atoms with Crippen LogP contribution in [-0.2, 0) is 4.79 Å². The Kier molecular flexibility index (Phi) is 4.32. The molecule has 0 bridgehead atoms. The summed E-state index contributed by atoms with van der Waals surface area (Å²) in [6, 6.07) is 2.75. The molecule has 1 aromatic rings.